The zero-order valence-corrected chi connectivity index (χ0v) is 20.8. The molecule has 3 N–H and O–H groups in total. The smallest absolute Gasteiger partial charge is 0.258 e. The second-order valence-electron chi connectivity index (χ2n) is 8.35. The number of carbonyl (C=O) groups is 1. The van der Waals surface area contributed by atoms with Gasteiger partial charge in [-0.1, -0.05) is 12.1 Å². The Hall–Kier alpha value is -3.50. The molecule has 188 valence electrons. The molecule has 2 heterocycles. The van der Waals surface area contributed by atoms with Gasteiger partial charge >= 0.3 is 0 Å². The molecule has 1 aromatic carbocycles. The van der Waals surface area contributed by atoms with Crippen LogP contribution in [0.25, 0.3) is 22.8 Å². The summed E-state index contributed by atoms with van der Waals surface area (Å²) in [5.41, 5.74) is 4.27. The van der Waals surface area contributed by atoms with Crippen LogP contribution in [0, 0.1) is 13.8 Å². The van der Waals surface area contributed by atoms with Crippen LogP contribution in [0.4, 0.5) is 5.82 Å². The van der Waals surface area contributed by atoms with E-state index in [4.69, 9.17) is 14.4 Å². The molecular weight excluding hydrogens is 450 g/mol. The van der Waals surface area contributed by atoms with Crippen LogP contribution in [0.15, 0.2) is 28.8 Å². The molecule has 35 heavy (non-hydrogen) atoms. The van der Waals surface area contributed by atoms with E-state index in [1.807, 2.05) is 57.0 Å². The predicted octanol–water partition coefficient (Wildman–Crippen LogP) is 2.28. The van der Waals surface area contributed by atoms with Crippen molar-refractivity contribution in [3.63, 3.8) is 0 Å². The van der Waals surface area contributed by atoms with Crippen molar-refractivity contribution in [1.82, 2.24) is 20.4 Å². The number of rotatable bonds is 11. The number of aromatic nitrogens is 3. The average molecular weight is 484 g/mol. The quantitative estimate of drug-likeness (QED) is 0.375. The lowest BCUT2D eigenvalue weighted by Crippen LogP contribution is -2.36. The molecule has 0 bridgehead atoms. The van der Waals surface area contributed by atoms with E-state index in [-0.39, 0.29) is 13.2 Å². The van der Waals surface area contributed by atoms with Gasteiger partial charge in [0.1, 0.15) is 30.9 Å². The number of anilines is 1. The predicted molar refractivity (Wildman–Crippen MR) is 132 cm³/mol. The highest BCUT2D eigenvalue weighted by atomic mass is 16.5. The Balaban J connectivity index is 1.80. The summed E-state index contributed by atoms with van der Waals surface area (Å²) in [6, 6.07) is 7.71. The lowest BCUT2D eigenvalue weighted by molar-refractivity contribution is -0.124. The molecule has 1 atom stereocenters. The molecule has 0 unspecified atom stereocenters. The van der Waals surface area contributed by atoms with Crippen LogP contribution >= 0.6 is 0 Å². The maximum atomic E-state index is 11.1. The van der Waals surface area contributed by atoms with Crippen molar-refractivity contribution in [3.8, 4) is 28.6 Å². The number of carbonyl (C=O) groups excluding carboxylic acids is 1. The van der Waals surface area contributed by atoms with Crippen molar-refractivity contribution < 1.29 is 24.3 Å². The van der Waals surface area contributed by atoms with E-state index in [0.717, 1.165) is 40.3 Å². The highest BCUT2D eigenvalue weighted by molar-refractivity contribution is 5.76. The molecule has 0 saturated heterocycles. The molecule has 0 radical (unpaired) electrons. The molecule has 3 aromatic rings. The molecular formula is C25H33N5O5. The third kappa shape index (κ3) is 6.55. The number of amides is 1. The maximum Gasteiger partial charge on any atom is 0.258 e. The number of aliphatic hydroxyl groups is 2. The van der Waals surface area contributed by atoms with Gasteiger partial charge in [0, 0.05) is 37.0 Å². The topological polar surface area (TPSA) is 134 Å². The van der Waals surface area contributed by atoms with Gasteiger partial charge in [0.2, 0.25) is 11.7 Å². The van der Waals surface area contributed by atoms with E-state index >= 15 is 0 Å². The van der Waals surface area contributed by atoms with Gasteiger partial charge < -0.3 is 29.7 Å². The summed E-state index contributed by atoms with van der Waals surface area (Å²) in [5, 5.41) is 25.5. The Labute approximate surface area is 205 Å². The zero-order valence-electron chi connectivity index (χ0n) is 20.8. The molecule has 3 rings (SSSR count). The monoisotopic (exact) mass is 483 g/mol. The van der Waals surface area contributed by atoms with E-state index in [1.54, 1.807) is 0 Å². The van der Waals surface area contributed by atoms with E-state index in [9.17, 15) is 9.90 Å². The van der Waals surface area contributed by atoms with Crippen molar-refractivity contribution in [2.45, 2.75) is 40.2 Å². The van der Waals surface area contributed by atoms with E-state index in [2.05, 4.69) is 27.4 Å². The van der Waals surface area contributed by atoms with Gasteiger partial charge in [-0.15, -0.1) is 0 Å². The highest BCUT2D eigenvalue weighted by Crippen LogP contribution is 2.31. The van der Waals surface area contributed by atoms with E-state index in [0.29, 0.717) is 23.9 Å². The van der Waals surface area contributed by atoms with Crippen LogP contribution in [-0.2, 0) is 11.2 Å². The summed E-state index contributed by atoms with van der Waals surface area (Å²) >= 11 is 0. The Morgan fingerprint density at radius 3 is 2.63 bits per heavy atom. The van der Waals surface area contributed by atoms with Crippen molar-refractivity contribution >= 4 is 11.7 Å². The largest absolute Gasteiger partial charge is 0.490 e. The minimum absolute atomic E-state index is 0.00118. The lowest BCUT2D eigenvalue weighted by Gasteiger charge is -2.17. The third-order valence-corrected chi connectivity index (χ3v) is 5.57. The number of nitrogens with zero attached hydrogens (tertiary/aromatic N) is 4. The van der Waals surface area contributed by atoms with Crippen LogP contribution in [0.3, 0.4) is 0 Å². The van der Waals surface area contributed by atoms with Gasteiger partial charge in [-0.3, -0.25) is 4.79 Å². The molecule has 0 saturated carbocycles. The molecule has 10 nitrogen and oxygen atoms in total. The van der Waals surface area contributed by atoms with Gasteiger partial charge in [-0.25, -0.2) is 4.98 Å². The summed E-state index contributed by atoms with van der Waals surface area (Å²) in [6.45, 7) is 8.12. The molecule has 0 spiro atoms. The highest BCUT2D eigenvalue weighted by Gasteiger charge is 2.17. The van der Waals surface area contributed by atoms with Gasteiger partial charge in [0.15, 0.2) is 0 Å². The Kier molecular flexibility index (Phi) is 8.78. The fourth-order valence-electron chi connectivity index (χ4n) is 3.56. The van der Waals surface area contributed by atoms with Crippen molar-refractivity contribution in [2.75, 3.05) is 38.3 Å². The molecule has 0 aliphatic rings. The molecule has 10 heteroatoms. The molecule has 0 aliphatic carbocycles. The summed E-state index contributed by atoms with van der Waals surface area (Å²) in [4.78, 5) is 22.4. The maximum absolute atomic E-state index is 11.1. The van der Waals surface area contributed by atoms with Gasteiger partial charge in [0.05, 0.1) is 0 Å². The van der Waals surface area contributed by atoms with Crippen molar-refractivity contribution in [2.24, 2.45) is 0 Å². The number of hydrogen-bond acceptors (Lipinski definition) is 9. The summed E-state index contributed by atoms with van der Waals surface area (Å²) in [6.07, 6.45) is -0.211. The fourth-order valence-corrected chi connectivity index (χ4v) is 3.56. The Bertz CT molecular complexity index is 1160. The Morgan fingerprint density at radius 2 is 1.94 bits per heavy atom. The molecule has 0 fully saturated rings. The zero-order chi connectivity index (χ0) is 25.5. The number of nitrogens with one attached hydrogen (secondary N) is 1. The van der Waals surface area contributed by atoms with Crippen LogP contribution in [0.1, 0.15) is 30.7 Å². The third-order valence-electron chi connectivity index (χ3n) is 5.57. The standard InChI is InChI=1S/C25H33N5O5/c1-6-17-10-18(8-15(3)23(17)34-14-20(32)12-26-22(33)13-31)24-28-25(35-29-24)19-9-16(4)27-21(11-19)30(5)7-2/h8-11,20,31-32H,6-7,12-14H2,1-5H3,(H,26,33)/t20-/m0/s1. The minimum atomic E-state index is -0.908. The molecule has 2 aromatic heterocycles. The van der Waals surface area contributed by atoms with E-state index < -0.39 is 18.6 Å². The number of aliphatic hydroxyl groups excluding tert-OH is 2. The summed E-state index contributed by atoms with van der Waals surface area (Å²) in [7, 11) is 1.98. The number of hydrogen-bond donors (Lipinski definition) is 3. The first-order valence-corrected chi connectivity index (χ1v) is 11.6. The van der Waals surface area contributed by atoms with Gasteiger partial charge in [-0.05, 0) is 62.6 Å². The average Bonchev–Trinajstić information content (AvgIpc) is 3.35. The number of pyridine rings is 1. The van der Waals surface area contributed by atoms with E-state index in [1.165, 1.54) is 0 Å². The summed E-state index contributed by atoms with van der Waals surface area (Å²) < 4.78 is 11.5. The second-order valence-corrected chi connectivity index (χ2v) is 8.35. The first-order valence-electron chi connectivity index (χ1n) is 11.6. The Morgan fingerprint density at radius 1 is 1.17 bits per heavy atom. The second kappa shape index (κ2) is 11.8. The van der Waals surface area contributed by atoms with Crippen LogP contribution < -0.4 is 15.0 Å². The minimum Gasteiger partial charge on any atom is -0.490 e. The molecule has 0 aliphatic heterocycles. The van der Waals surface area contributed by atoms with Gasteiger partial charge in [0.25, 0.3) is 5.89 Å². The summed E-state index contributed by atoms with van der Waals surface area (Å²) in [5.74, 6) is 1.85. The first kappa shape index (κ1) is 26.1. The SMILES string of the molecule is CCc1cc(-c2noc(-c3cc(C)nc(N(C)CC)c3)n2)cc(C)c1OC[C@@H](O)CNC(=O)CO. The lowest BCUT2D eigenvalue weighted by atomic mass is 10.0. The number of aryl methyl sites for hydroxylation is 3. The van der Waals surface area contributed by atoms with Gasteiger partial charge in [-0.2, -0.15) is 4.98 Å². The number of benzene rings is 1. The number of ether oxygens (including phenoxy) is 1. The molecule has 1 amide bonds. The fraction of sp³-hybridized carbons (Fsp3) is 0.440. The first-order chi connectivity index (χ1) is 16.7. The normalized spacial score (nSPS) is 11.9. The van der Waals surface area contributed by atoms with Crippen LogP contribution in [-0.4, -0.2) is 70.7 Å². The van der Waals surface area contributed by atoms with Crippen LogP contribution in [0.5, 0.6) is 5.75 Å². The van der Waals surface area contributed by atoms with Crippen molar-refractivity contribution in [3.05, 3.63) is 41.1 Å². The van der Waals surface area contributed by atoms with Crippen LogP contribution in [0.2, 0.25) is 0 Å². The van der Waals surface area contributed by atoms with Crippen molar-refractivity contribution in [1.29, 1.82) is 0 Å².